The van der Waals surface area contributed by atoms with E-state index in [1.165, 1.54) is 0 Å². The molecule has 0 radical (unpaired) electrons. The van der Waals surface area contributed by atoms with Crippen LogP contribution in [0, 0.1) is 16.7 Å². The second kappa shape index (κ2) is 7.24. The van der Waals surface area contributed by atoms with Crippen LogP contribution in [0.1, 0.15) is 40.5 Å². The van der Waals surface area contributed by atoms with E-state index in [1.54, 1.807) is 6.92 Å². The third-order valence-electron chi connectivity index (χ3n) is 2.51. The second-order valence-electron chi connectivity index (χ2n) is 4.33. The highest BCUT2D eigenvalue weighted by Gasteiger charge is 2.30. The summed E-state index contributed by atoms with van der Waals surface area (Å²) in [5, 5.41) is 11.7. The third kappa shape index (κ3) is 5.13. The fourth-order valence-corrected chi connectivity index (χ4v) is 1.08. The van der Waals surface area contributed by atoms with Crippen molar-refractivity contribution in [2.75, 3.05) is 13.2 Å². The average molecular weight is 226 g/mol. The Kier molecular flexibility index (Phi) is 6.75. The lowest BCUT2D eigenvalue weighted by molar-refractivity contribution is -0.127. The van der Waals surface area contributed by atoms with E-state index in [2.05, 4.69) is 5.32 Å². The molecule has 0 fully saturated rings. The number of carbonyl (C=O) groups is 1. The molecule has 0 aliphatic carbocycles. The largest absolute Gasteiger partial charge is 0.379 e. The Bertz CT molecular complexity index is 258. The van der Waals surface area contributed by atoms with Gasteiger partial charge in [-0.3, -0.25) is 4.79 Å². The van der Waals surface area contributed by atoms with Crippen LogP contribution in [-0.2, 0) is 9.53 Å². The number of rotatable bonds is 7. The minimum atomic E-state index is -0.904. The Labute approximate surface area is 98.0 Å². The van der Waals surface area contributed by atoms with Gasteiger partial charge in [-0.25, -0.2) is 0 Å². The summed E-state index contributed by atoms with van der Waals surface area (Å²) in [5.41, 5.74) is -0.904. The lowest BCUT2D eigenvalue weighted by Gasteiger charge is -2.18. The first-order chi connectivity index (χ1) is 7.46. The lowest BCUT2D eigenvalue weighted by Crippen LogP contribution is -2.38. The SMILES string of the molecule is CCC(C)(C#N)C(=O)NCCCOC(C)C. The molecule has 4 nitrogen and oxygen atoms in total. The van der Waals surface area contributed by atoms with Gasteiger partial charge in [0.2, 0.25) is 5.91 Å². The average Bonchev–Trinajstić information content (AvgIpc) is 2.26. The first kappa shape index (κ1) is 14.9. The van der Waals surface area contributed by atoms with Gasteiger partial charge in [0.15, 0.2) is 0 Å². The molecule has 0 aliphatic rings. The van der Waals surface area contributed by atoms with Crippen molar-refractivity contribution < 1.29 is 9.53 Å². The van der Waals surface area contributed by atoms with Crippen LogP contribution in [0.25, 0.3) is 0 Å². The van der Waals surface area contributed by atoms with Crippen molar-refractivity contribution >= 4 is 5.91 Å². The Morgan fingerprint density at radius 2 is 2.19 bits per heavy atom. The monoisotopic (exact) mass is 226 g/mol. The molecular weight excluding hydrogens is 204 g/mol. The maximum atomic E-state index is 11.6. The van der Waals surface area contributed by atoms with Crippen molar-refractivity contribution in [3.63, 3.8) is 0 Å². The van der Waals surface area contributed by atoms with Crippen molar-refractivity contribution in [2.24, 2.45) is 5.41 Å². The summed E-state index contributed by atoms with van der Waals surface area (Å²) in [6.45, 7) is 8.64. The van der Waals surface area contributed by atoms with Crippen molar-refractivity contribution in [3.8, 4) is 6.07 Å². The van der Waals surface area contributed by atoms with Crippen LogP contribution in [0.15, 0.2) is 0 Å². The van der Waals surface area contributed by atoms with Crippen molar-refractivity contribution in [3.05, 3.63) is 0 Å². The number of nitrogens with one attached hydrogen (secondary N) is 1. The predicted molar refractivity (Wildman–Crippen MR) is 62.7 cm³/mol. The van der Waals surface area contributed by atoms with Crippen molar-refractivity contribution in [2.45, 2.75) is 46.6 Å². The molecule has 1 unspecified atom stereocenters. The summed E-state index contributed by atoms with van der Waals surface area (Å²) in [6.07, 6.45) is 1.52. The minimum Gasteiger partial charge on any atom is -0.379 e. The molecule has 1 atom stereocenters. The summed E-state index contributed by atoms with van der Waals surface area (Å²) in [5.74, 6) is -0.193. The van der Waals surface area contributed by atoms with E-state index >= 15 is 0 Å². The van der Waals surface area contributed by atoms with E-state index in [-0.39, 0.29) is 12.0 Å². The van der Waals surface area contributed by atoms with Crippen molar-refractivity contribution in [1.29, 1.82) is 5.26 Å². The normalized spacial score (nSPS) is 14.2. The van der Waals surface area contributed by atoms with Gasteiger partial charge in [-0.2, -0.15) is 5.26 Å². The first-order valence-corrected chi connectivity index (χ1v) is 5.77. The van der Waals surface area contributed by atoms with Gasteiger partial charge in [0.05, 0.1) is 12.2 Å². The van der Waals surface area contributed by atoms with E-state index in [1.807, 2.05) is 26.8 Å². The van der Waals surface area contributed by atoms with Crippen LogP contribution < -0.4 is 5.32 Å². The maximum absolute atomic E-state index is 11.6. The maximum Gasteiger partial charge on any atom is 0.240 e. The van der Waals surface area contributed by atoms with E-state index in [0.29, 0.717) is 19.6 Å². The Hall–Kier alpha value is -1.08. The zero-order valence-corrected chi connectivity index (χ0v) is 10.7. The molecule has 16 heavy (non-hydrogen) atoms. The first-order valence-electron chi connectivity index (χ1n) is 5.77. The molecular formula is C12H22N2O2. The molecule has 4 heteroatoms. The van der Waals surface area contributed by atoms with Gasteiger partial charge >= 0.3 is 0 Å². The number of ether oxygens (including phenoxy) is 1. The molecule has 0 aromatic heterocycles. The molecule has 0 saturated carbocycles. The zero-order chi connectivity index (χ0) is 12.6. The van der Waals surface area contributed by atoms with Gasteiger partial charge in [-0.15, -0.1) is 0 Å². The molecule has 0 spiro atoms. The van der Waals surface area contributed by atoms with Crippen LogP contribution in [0.4, 0.5) is 0 Å². The van der Waals surface area contributed by atoms with Crippen molar-refractivity contribution in [1.82, 2.24) is 5.32 Å². The molecule has 0 bridgehead atoms. The Morgan fingerprint density at radius 1 is 1.56 bits per heavy atom. The van der Waals surface area contributed by atoms with Gasteiger partial charge < -0.3 is 10.1 Å². The number of amides is 1. The molecule has 1 amide bonds. The van der Waals surface area contributed by atoms with E-state index in [9.17, 15) is 4.79 Å². The lowest BCUT2D eigenvalue weighted by atomic mass is 9.88. The summed E-state index contributed by atoms with van der Waals surface area (Å²) in [4.78, 5) is 11.6. The highest BCUT2D eigenvalue weighted by molar-refractivity contribution is 5.84. The van der Waals surface area contributed by atoms with Gasteiger partial charge in [-0.1, -0.05) is 6.92 Å². The molecule has 0 aromatic rings. The summed E-state index contributed by atoms with van der Waals surface area (Å²) in [6, 6.07) is 2.04. The third-order valence-corrected chi connectivity index (χ3v) is 2.51. The highest BCUT2D eigenvalue weighted by atomic mass is 16.5. The van der Waals surface area contributed by atoms with Crippen LogP contribution >= 0.6 is 0 Å². The summed E-state index contributed by atoms with van der Waals surface area (Å²) < 4.78 is 5.35. The standard InChI is InChI=1S/C12H22N2O2/c1-5-12(4,9-13)11(15)14-7-6-8-16-10(2)3/h10H,5-8H2,1-4H3,(H,14,15). The predicted octanol–water partition coefficient (Wildman–Crippen LogP) is 1.86. The van der Waals surface area contributed by atoms with E-state index in [0.717, 1.165) is 6.42 Å². The number of hydrogen-bond donors (Lipinski definition) is 1. The quantitative estimate of drug-likeness (QED) is 0.674. The highest BCUT2D eigenvalue weighted by Crippen LogP contribution is 2.19. The second-order valence-corrected chi connectivity index (χ2v) is 4.33. The Balaban J connectivity index is 3.78. The molecule has 0 aromatic carbocycles. The van der Waals surface area contributed by atoms with E-state index < -0.39 is 5.41 Å². The zero-order valence-electron chi connectivity index (χ0n) is 10.7. The van der Waals surface area contributed by atoms with Crippen LogP contribution in [0.5, 0.6) is 0 Å². The number of nitriles is 1. The molecule has 0 saturated heterocycles. The summed E-state index contributed by atoms with van der Waals surface area (Å²) in [7, 11) is 0. The fourth-order valence-electron chi connectivity index (χ4n) is 1.08. The fraction of sp³-hybridized carbons (Fsp3) is 0.833. The van der Waals surface area contributed by atoms with E-state index in [4.69, 9.17) is 10.00 Å². The van der Waals surface area contributed by atoms with Gasteiger partial charge in [0.1, 0.15) is 5.41 Å². The molecule has 92 valence electrons. The van der Waals surface area contributed by atoms with Gasteiger partial charge in [0, 0.05) is 13.2 Å². The molecule has 1 N–H and O–H groups in total. The molecule has 0 aliphatic heterocycles. The van der Waals surface area contributed by atoms with Crippen LogP contribution in [0.3, 0.4) is 0 Å². The minimum absolute atomic E-state index is 0.193. The van der Waals surface area contributed by atoms with Crippen LogP contribution in [0.2, 0.25) is 0 Å². The number of carbonyl (C=O) groups excluding carboxylic acids is 1. The molecule has 0 rings (SSSR count). The topological polar surface area (TPSA) is 62.1 Å². The molecule has 0 heterocycles. The number of hydrogen-bond acceptors (Lipinski definition) is 3. The van der Waals surface area contributed by atoms with Gasteiger partial charge in [0.25, 0.3) is 0 Å². The number of nitrogens with zero attached hydrogens (tertiary/aromatic N) is 1. The van der Waals surface area contributed by atoms with Gasteiger partial charge in [-0.05, 0) is 33.6 Å². The smallest absolute Gasteiger partial charge is 0.240 e. The Morgan fingerprint density at radius 3 is 2.62 bits per heavy atom. The summed E-state index contributed by atoms with van der Waals surface area (Å²) >= 11 is 0. The van der Waals surface area contributed by atoms with Crippen LogP contribution in [-0.4, -0.2) is 25.2 Å².